The Bertz CT molecular complexity index is 613. The molecule has 0 atom stereocenters. The molecular formula is C24H38N4O. The molecule has 29 heavy (non-hydrogen) atoms. The van der Waals surface area contributed by atoms with Crippen LogP contribution in [0.3, 0.4) is 0 Å². The monoisotopic (exact) mass is 398 g/mol. The summed E-state index contributed by atoms with van der Waals surface area (Å²) in [6.45, 7) is 10.5. The predicted octanol–water partition coefficient (Wildman–Crippen LogP) is 2.67. The summed E-state index contributed by atoms with van der Waals surface area (Å²) in [6, 6.07) is 11.5. The van der Waals surface area contributed by atoms with Crippen molar-refractivity contribution in [1.82, 2.24) is 19.6 Å². The fourth-order valence-corrected chi connectivity index (χ4v) is 5.19. The number of nitrogens with zero attached hydrogens (tertiary/aromatic N) is 4. The maximum atomic E-state index is 12.7. The minimum Gasteiger partial charge on any atom is -0.341 e. The second-order valence-electron chi connectivity index (χ2n) is 9.10. The lowest BCUT2D eigenvalue weighted by Gasteiger charge is -2.43. The highest BCUT2D eigenvalue weighted by Gasteiger charge is 2.29. The fourth-order valence-electron chi connectivity index (χ4n) is 5.19. The molecule has 0 radical (unpaired) electrons. The van der Waals surface area contributed by atoms with Gasteiger partial charge >= 0.3 is 0 Å². The van der Waals surface area contributed by atoms with Crippen molar-refractivity contribution in [3.63, 3.8) is 0 Å². The lowest BCUT2D eigenvalue weighted by molar-refractivity contribution is -0.134. The summed E-state index contributed by atoms with van der Waals surface area (Å²) in [6.07, 6.45) is 7.45. The summed E-state index contributed by atoms with van der Waals surface area (Å²) in [5.74, 6) is 0.359. The van der Waals surface area contributed by atoms with Gasteiger partial charge in [-0.3, -0.25) is 19.5 Å². The highest BCUT2D eigenvalue weighted by atomic mass is 16.2. The smallest absolute Gasteiger partial charge is 0.236 e. The topological polar surface area (TPSA) is 30.0 Å². The largest absolute Gasteiger partial charge is 0.341 e. The number of hydrogen-bond donors (Lipinski definition) is 0. The SMILES string of the molecule is O=C(CN1CCCCCC1)N1CCC(N2CCN(Cc3ccccc3)CC2)CC1. The van der Waals surface area contributed by atoms with Gasteiger partial charge in [0.1, 0.15) is 0 Å². The molecule has 3 aliphatic rings. The molecule has 1 aromatic rings. The van der Waals surface area contributed by atoms with Crippen LogP contribution >= 0.6 is 0 Å². The Morgan fingerprint density at radius 1 is 0.759 bits per heavy atom. The van der Waals surface area contributed by atoms with Crippen molar-refractivity contribution in [2.45, 2.75) is 51.1 Å². The van der Waals surface area contributed by atoms with Gasteiger partial charge < -0.3 is 4.90 Å². The quantitative estimate of drug-likeness (QED) is 0.763. The molecule has 0 saturated carbocycles. The van der Waals surface area contributed by atoms with Gasteiger partial charge in [0, 0.05) is 51.9 Å². The van der Waals surface area contributed by atoms with Crippen LogP contribution in [-0.2, 0) is 11.3 Å². The van der Waals surface area contributed by atoms with E-state index in [-0.39, 0.29) is 0 Å². The van der Waals surface area contributed by atoms with E-state index in [4.69, 9.17) is 0 Å². The van der Waals surface area contributed by atoms with Gasteiger partial charge in [-0.25, -0.2) is 0 Å². The van der Waals surface area contributed by atoms with E-state index in [0.29, 0.717) is 18.5 Å². The third kappa shape index (κ3) is 6.03. The number of hydrogen-bond acceptors (Lipinski definition) is 4. The van der Waals surface area contributed by atoms with E-state index < -0.39 is 0 Å². The maximum absolute atomic E-state index is 12.7. The zero-order valence-corrected chi connectivity index (χ0v) is 18.0. The van der Waals surface area contributed by atoms with Gasteiger partial charge in [-0.05, 0) is 44.3 Å². The van der Waals surface area contributed by atoms with Gasteiger partial charge in [0.25, 0.3) is 0 Å². The summed E-state index contributed by atoms with van der Waals surface area (Å²) in [5, 5.41) is 0. The van der Waals surface area contributed by atoms with Crippen LogP contribution in [-0.4, -0.2) is 90.5 Å². The standard InChI is InChI=1S/C24H38N4O/c29-24(21-25-12-6-1-2-7-13-25)28-14-10-23(11-15-28)27-18-16-26(17-19-27)20-22-8-4-3-5-9-22/h3-5,8-9,23H,1-2,6-7,10-21H2. The predicted molar refractivity (Wildman–Crippen MR) is 118 cm³/mol. The zero-order valence-electron chi connectivity index (χ0n) is 18.0. The first-order chi connectivity index (χ1) is 14.3. The molecule has 3 aliphatic heterocycles. The normalized spacial score (nSPS) is 23.8. The highest BCUT2D eigenvalue weighted by Crippen LogP contribution is 2.20. The van der Waals surface area contributed by atoms with E-state index in [0.717, 1.165) is 58.7 Å². The molecule has 160 valence electrons. The van der Waals surface area contributed by atoms with Crippen LogP contribution in [0.1, 0.15) is 44.1 Å². The van der Waals surface area contributed by atoms with Crippen molar-refractivity contribution in [2.24, 2.45) is 0 Å². The van der Waals surface area contributed by atoms with Crippen molar-refractivity contribution in [2.75, 3.05) is 58.9 Å². The molecule has 0 aliphatic carbocycles. The van der Waals surface area contributed by atoms with Crippen LogP contribution in [0.15, 0.2) is 30.3 Å². The van der Waals surface area contributed by atoms with Crippen LogP contribution < -0.4 is 0 Å². The maximum Gasteiger partial charge on any atom is 0.236 e. The molecule has 5 nitrogen and oxygen atoms in total. The number of piperazine rings is 1. The van der Waals surface area contributed by atoms with Crippen LogP contribution in [0.2, 0.25) is 0 Å². The minimum atomic E-state index is 0.359. The summed E-state index contributed by atoms with van der Waals surface area (Å²) < 4.78 is 0. The number of benzene rings is 1. The second-order valence-corrected chi connectivity index (χ2v) is 9.10. The Kier molecular flexibility index (Phi) is 7.58. The fraction of sp³-hybridized carbons (Fsp3) is 0.708. The third-order valence-electron chi connectivity index (χ3n) is 7.05. The Morgan fingerprint density at radius 3 is 2.07 bits per heavy atom. The van der Waals surface area contributed by atoms with Gasteiger partial charge in [-0.15, -0.1) is 0 Å². The number of piperidine rings is 1. The molecule has 0 spiro atoms. The lowest BCUT2D eigenvalue weighted by Crippen LogP contribution is -2.54. The summed E-state index contributed by atoms with van der Waals surface area (Å²) in [4.78, 5) is 22.5. The first kappa shape index (κ1) is 20.8. The molecule has 5 heteroatoms. The molecule has 4 rings (SSSR count). The summed E-state index contributed by atoms with van der Waals surface area (Å²) >= 11 is 0. The number of carbonyl (C=O) groups excluding carboxylic acids is 1. The molecule has 3 fully saturated rings. The molecule has 1 aromatic carbocycles. The van der Waals surface area contributed by atoms with Crippen molar-refractivity contribution in [1.29, 1.82) is 0 Å². The lowest BCUT2D eigenvalue weighted by atomic mass is 10.0. The summed E-state index contributed by atoms with van der Waals surface area (Å²) in [5.41, 5.74) is 1.41. The van der Waals surface area contributed by atoms with E-state index in [2.05, 4.69) is 49.9 Å². The molecule has 3 saturated heterocycles. The Morgan fingerprint density at radius 2 is 1.41 bits per heavy atom. The molecule has 0 aromatic heterocycles. The van der Waals surface area contributed by atoms with E-state index in [1.807, 2.05) is 0 Å². The highest BCUT2D eigenvalue weighted by molar-refractivity contribution is 5.78. The van der Waals surface area contributed by atoms with Gasteiger partial charge in [-0.2, -0.15) is 0 Å². The molecule has 0 N–H and O–H groups in total. The molecule has 0 bridgehead atoms. The molecule has 1 amide bonds. The Labute approximate surface area is 176 Å². The van der Waals surface area contributed by atoms with Crippen molar-refractivity contribution in [3.05, 3.63) is 35.9 Å². The van der Waals surface area contributed by atoms with E-state index in [1.54, 1.807) is 0 Å². The zero-order chi connectivity index (χ0) is 19.9. The molecule has 0 unspecified atom stereocenters. The van der Waals surface area contributed by atoms with E-state index >= 15 is 0 Å². The average Bonchev–Trinajstić information content (AvgIpc) is 3.04. The van der Waals surface area contributed by atoms with Gasteiger partial charge in [0.05, 0.1) is 6.54 Å². The number of amides is 1. The number of carbonyl (C=O) groups is 1. The van der Waals surface area contributed by atoms with E-state index in [1.165, 1.54) is 44.3 Å². The Balaban J connectivity index is 1.17. The van der Waals surface area contributed by atoms with Crippen molar-refractivity contribution < 1.29 is 4.79 Å². The van der Waals surface area contributed by atoms with Crippen molar-refractivity contribution >= 4 is 5.91 Å². The average molecular weight is 399 g/mol. The van der Waals surface area contributed by atoms with Crippen LogP contribution in [0.4, 0.5) is 0 Å². The van der Waals surface area contributed by atoms with Crippen molar-refractivity contribution in [3.8, 4) is 0 Å². The first-order valence-corrected chi connectivity index (χ1v) is 11.8. The Hall–Kier alpha value is -1.43. The van der Waals surface area contributed by atoms with Gasteiger partial charge in [0.15, 0.2) is 0 Å². The summed E-state index contributed by atoms with van der Waals surface area (Å²) in [7, 11) is 0. The van der Waals surface area contributed by atoms with Crippen LogP contribution in [0.25, 0.3) is 0 Å². The second kappa shape index (κ2) is 10.6. The molecule has 3 heterocycles. The van der Waals surface area contributed by atoms with Crippen LogP contribution in [0, 0.1) is 0 Å². The first-order valence-electron chi connectivity index (χ1n) is 11.8. The van der Waals surface area contributed by atoms with Gasteiger partial charge in [-0.1, -0.05) is 43.2 Å². The third-order valence-corrected chi connectivity index (χ3v) is 7.05. The number of likely N-dealkylation sites (tertiary alicyclic amines) is 2. The number of rotatable bonds is 5. The van der Waals surface area contributed by atoms with E-state index in [9.17, 15) is 4.79 Å². The van der Waals surface area contributed by atoms with Gasteiger partial charge in [0.2, 0.25) is 5.91 Å². The van der Waals surface area contributed by atoms with Crippen LogP contribution in [0.5, 0.6) is 0 Å². The molecular weight excluding hydrogens is 360 g/mol. The minimum absolute atomic E-state index is 0.359.